The Morgan fingerprint density at radius 2 is 1.95 bits per heavy atom. The Morgan fingerprint density at radius 1 is 1.20 bits per heavy atom. The number of hydrogen-bond acceptors (Lipinski definition) is 3. The molecule has 3 heteroatoms. The Labute approximate surface area is 122 Å². The standard InChI is InChI=1S/C17H26N2O/c1-14(15-7-3-4-8-16(15)20)19-12-11-18-13-17(19)9-5-2-6-10-17/h3-4,7-8,14,18,20H,2,5-6,9-13H2,1H3. The van der Waals surface area contributed by atoms with Gasteiger partial charge in [0.05, 0.1) is 0 Å². The molecule has 20 heavy (non-hydrogen) atoms. The molecule has 2 fully saturated rings. The summed E-state index contributed by atoms with van der Waals surface area (Å²) in [6.07, 6.45) is 6.63. The maximum atomic E-state index is 10.2. The molecule has 0 radical (unpaired) electrons. The van der Waals surface area contributed by atoms with Gasteiger partial charge in [0, 0.05) is 36.8 Å². The van der Waals surface area contributed by atoms with E-state index in [9.17, 15) is 5.11 Å². The molecule has 1 heterocycles. The van der Waals surface area contributed by atoms with Gasteiger partial charge in [-0.3, -0.25) is 4.90 Å². The van der Waals surface area contributed by atoms with Crippen molar-refractivity contribution in [3.8, 4) is 5.75 Å². The number of nitrogens with zero attached hydrogens (tertiary/aromatic N) is 1. The highest BCUT2D eigenvalue weighted by Crippen LogP contribution is 2.40. The summed E-state index contributed by atoms with van der Waals surface area (Å²) in [6.45, 7) is 5.48. The van der Waals surface area contributed by atoms with Crippen molar-refractivity contribution in [2.24, 2.45) is 0 Å². The molecule has 3 nitrogen and oxygen atoms in total. The summed E-state index contributed by atoms with van der Waals surface area (Å²) in [6, 6.07) is 8.09. The molecule has 2 N–H and O–H groups in total. The van der Waals surface area contributed by atoms with E-state index in [1.165, 1.54) is 32.1 Å². The molecule has 1 spiro atoms. The molecule has 1 unspecified atom stereocenters. The van der Waals surface area contributed by atoms with Gasteiger partial charge < -0.3 is 10.4 Å². The SMILES string of the molecule is CC(c1ccccc1O)N1CCNCC12CCCCC2. The second kappa shape index (κ2) is 5.74. The average Bonchev–Trinajstić information content (AvgIpc) is 2.48. The van der Waals surface area contributed by atoms with E-state index < -0.39 is 0 Å². The van der Waals surface area contributed by atoms with E-state index in [-0.39, 0.29) is 6.04 Å². The monoisotopic (exact) mass is 274 g/mol. The number of hydrogen-bond donors (Lipinski definition) is 2. The van der Waals surface area contributed by atoms with Crippen LogP contribution in [-0.2, 0) is 0 Å². The largest absolute Gasteiger partial charge is 0.508 e. The topological polar surface area (TPSA) is 35.5 Å². The third kappa shape index (κ3) is 2.45. The molecule has 1 aromatic carbocycles. The zero-order valence-corrected chi connectivity index (χ0v) is 12.4. The fraction of sp³-hybridized carbons (Fsp3) is 0.647. The maximum absolute atomic E-state index is 10.2. The summed E-state index contributed by atoms with van der Waals surface area (Å²) in [4.78, 5) is 2.65. The lowest BCUT2D eigenvalue weighted by Gasteiger charge is -2.52. The first-order chi connectivity index (χ1) is 9.73. The van der Waals surface area contributed by atoms with Crippen LogP contribution in [-0.4, -0.2) is 35.2 Å². The second-order valence-corrected chi connectivity index (χ2v) is 6.39. The molecular formula is C17H26N2O. The molecule has 0 bridgehead atoms. The minimum atomic E-state index is 0.288. The molecule has 3 rings (SSSR count). The van der Waals surface area contributed by atoms with E-state index in [1.54, 1.807) is 0 Å². The lowest BCUT2D eigenvalue weighted by Crippen LogP contribution is -2.62. The fourth-order valence-electron chi connectivity index (χ4n) is 4.15. The highest BCUT2D eigenvalue weighted by atomic mass is 16.3. The Kier molecular flexibility index (Phi) is 3.99. The van der Waals surface area contributed by atoms with Gasteiger partial charge >= 0.3 is 0 Å². The Bertz CT molecular complexity index is 446. The summed E-state index contributed by atoms with van der Waals surface area (Å²) in [5.41, 5.74) is 1.37. The van der Waals surface area contributed by atoms with Crippen molar-refractivity contribution in [1.82, 2.24) is 10.2 Å². The maximum Gasteiger partial charge on any atom is 0.120 e. The summed E-state index contributed by atoms with van der Waals surface area (Å²) >= 11 is 0. The van der Waals surface area contributed by atoms with Gasteiger partial charge in [-0.1, -0.05) is 37.5 Å². The van der Waals surface area contributed by atoms with E-state index in [1.807, 2.05) is 18.2 Å². The predicted molar refractivity (Wildman–Crippen MR) is 81.9 cm³/mol. The Hall–Kier alpha value is -1.06. The minimum absolute atomic E-state index is 0.288. The van der Waals surface area contributed by atoms with E-state index >= 15 is 0 Å². The highest BCUT2D eigenvalue weighted by molar-refractivity contribution is 5.34. The first-order valence-corrected chi connectivity index (χ1v) is 7.98. The van der Waals surface area contributed by atoms with Crippen molar-refractivity contribution in [3.05, 3.63) is 29.8 Å². The van der Waals surface area contributed by atoms with Crippen LogP contribution in [0.25, 0.3) is 0 Å². The fourth-order valence-corrected chi connectivity index (χ4v) is 4.15. The van der Waals surface area contributed by atoms with Crippen LogP contribution in [0.3, 0.4) is 0 Å². The molecule has 1 aliphatic carbocycles. The van der Waals surface area contributed by atoms with Crippen molar-refractivity contribution < 1.29 is 5.11 Å². The van der Waals surface area contributed by atoms with Crippen molar-refractivity contribution in [2.45, 2.75) is 50.6 Å². The van der Waals surface area contributed by atoms with Gasteiger partial charge in [-0.15, -0.1) is 0 Å². The number of piperazine rings is 1. The molecule has 1 saturated heterocycles. The summed E-state index contributed by atoms with van der Waals surface area (Å²) in [5.74, 6) is 0.435. The normalized spacial score (nSPS) is 24.6. The quantitative estimate of drug-likeness (QED) is 0.870. The number of aromatic hydroxyl groups is 1. The predicted octanol–water partition coefficient (Wildman–Crippen LogP) is 3.06. The van der Waals surface area contributed by atoms with Crippen LogP contribution < -0.4 is 5.32 Å². The third-order valence-corrected chi connectivity index (χ3v) is 5.23. The summed E-state index contributed by atoms with van der Waals surface area (Å²) in [5, 5.41) is 13.7. The van der Waals surface area contributed by atoms with Crippen LogP contribution in [0.4, 0.5) is 0 Å². The van der Waals surface area contributed by atoms with E-state index in [0.29, 0.717) is 11.3 Å². The van der Waals surface area contributed by atoms with Gasteiger partial charge in [0.2, 0.25) is 0 Å². The van der Waals surface area contributed by atoms with Gasteiger partial charge in [0.15, 0.2) is 0 Å². The first-order valence-electron chi connectivity index (χ1n) is 7.98. The number of rotatable bonds is 2. The van der Waals surface area contributed by atoms with Crippen molar-refractivity contribution >= 4 is 0 Å². The van der Waals surface area contributed by atoms with Crippen molar-refractivity contribution in [3.63, 3.8) is 0 Å². The summed E-state index contributed by atoms with van der Waals surface area (Å²) < 4.78 is 0. The van der Waals surface area contributed by atoms with Crippen LogP contribution >= 0.6 is 0 Å². The van der Waals surface area contributed by atoms with Crippen LogP contribution in [0.15, 0.2) is 24.3 Å². The lowest BCUT2D eigenvalue weighted by molar-refractivity contribution is -0.00336. The zero-order valence-electron chi connectivity index (χ0n) is 12.4. The Morgan fingerprint density at radius 3 is 2.70 bits per heavy atom. The van der Waals surface area contributed by atoms with E-state index in [2.05, 4.69) is 23.2 Å². The third-order valence-electron chi connectivity index (χ3n) is 5.23. The van der Waals surface area contributed by atoms with Gasteiger partial charge in [-0.25, -0.2) is 0 Å². The molecule has 1 saturated carbocycles. The van der Waals surface area contributed by atoms with Gasteiger partial charge in [-0.2, -0.15) is 0 Å². The van der Waals surface area contributed by atoms with Crippen LogP contribution in [0.1, 0.15) is 50.6 Å². The van der Waals surface area contributed by atoms with Crippen LogP contribution in [0.5, 0.6) is 5.75 Å². The van der Waals surface area contributed by atoms with E-state index in [0.717, 1.165) is 25.2 Å². The second-order valence-electron chi connectivity index (χ2n) is 6.39. The molecule has 1 aromatic rings. The number of para-hydroxylation sites is 1. The molecule has 1 atom stereocenters. The van der Waals surface area contributed by atoms with Crippen LogP contribution in [0, 0.1) is 0 Å². The van der Waals surface area contributed by atoms with Gasteiger partial charge in [-0.05, 0) is 25.8 Å². The first kappa shape index (κ1) is 13.9. The van der Waals surface area contributed by atoms with Crippen molar-refractivity contribution in [2.75, 3.05) is 19.6 Å². The van der Waals surface area contributed by atoms with Crippen molar-refractivity contribution in [1.29, 1.82) is 0 Å². The molecule has 0 amide bonds. The van der Waals surface area contributed by atoms with Crippen LogP contribution in [0.2, 0.25) is 0 Å². The minimum Gasteiger partial charge on any atom is -0.508 e. The molecule has 1 aliphatic heterocycles. The number of phenols is 1. The summed E-state index contributed by atoms with van der Waals surface area (Å²) in [7, 11) is 0. The van der Waals surface area contributed by atoms with Gasteiger partial charge in [0.25, 0.3) is 0 Å². The van der Waals surface area contributed by atoms with E-state index in [4.69, 9.17) is 0 Å². The molecule has 0 aromatic heterocycles. The lowest BCUT2D eigenvalue weighted by atomic mass is 9.78. The molecule has 2 aliphatic rings. The number of nitrogens with one attached hydrogen (secondary N) is 1. The number of benzene rings is 1. The zero-order chi connectivity index (χ0) is 14.0. The molecule has 110 valence electrons. The van der Waals surface area contributed by atoms with Gasteiger partial charge in [0.1, 0.15) is 5.75 Å². The smallest absolute Gasteiger partial charge is 0.120 e. The average molecular weight is 274 g/mol. The molecular weight excluding hydrogens is 248 g/mol. The number of phenolic OH excluding ortho intramolecular Hbond substituents is 1. The Balaban J connectivity index is 1.88. The highest BCUT2D eigenvalue weighted by Gasteiger charge is 2.42.